The van der Waals surface area contributed by atoms with Gasteiger partial charge in [0.15, 0.2) is 5.82 Å². The van der Waals surface area contributed by atoms with Crippen LogP contribution in [0.25, 0.3) is 16.8 Å². The second-order valence-electron chi connectivity index (χ2n) is 10.3. The quantitative estimate of drug-likeness (QED) is 0.278. The third-order valence-corrected chi connectivity index (χ3v) is 7.62. The lowest BCUT2D eigenvalue weighted by Gasteiger charge is -2.29. The van der Waals surface area contributed by atoms with Crippen molar-refractivity contribution in [1.82, 2.24) is 19.6 Å². The molecule has 0 saturated heterocycles. The molecule has 39 heavy (non-hydrogen) atoms. The molecule has 0 radical (unpaired) electrons. The van der Waals surface area contributed by atoms with Gasteiger partial charge in [0.25, 0.3) is 0 Å². The average Bonchev–Trinajstić information content (AvgIpc) is 3.49. The molecule has 2 N–H and O–H groups in total. The van der Waals surface area contributed by atoms with E-state index in [1.54, 1.807) is 7.11 Å². The first-order chi connectivity index (χ1) is 19.0. The predicted octanol–water partition coefficient (Wildman–Crippen LogP) is 5.84. The highest BCUT2D eigenvalue weighted by Crippen LogP contribution is 2.40. The normalized spacial score (nSPS) is 20.9. The van der Waals surface area contributed by atoms with Crippen molar-refractivity contribution in [3.8, 4) is 11.3 Å². The summed E-state index contributed by atoms with van der Waals surface area (Å²) in [5, 5.41) is 11.5. The Morgan fingerprint density at radius 2 is 1.92 bits per heavy atom. The number of aliphatic imine (C=N–C) groups is 1. The lowest BCUT2D eigenvalue weighted by molar-refractivity contribution is -0.00158. The number of rotatable bonds is 12. The molecule has 3 aromatic rings. The van der Waals surface area contributed by atoms with Gasteiger partial charge in [-0.2, -0.15) is 4.98 Å². The van der Waals surface area contributed by atoms with Crippen molar-refractivity contribution >= 4 is 28.7 Å². The van der Waals surface area contributed by atoms with Gasteiger partial charge < -0.3 is 20.1 Å². The maximum Gasteiger partial charge on any atom is 0.243 e. The summed E-state index contributed by atoms with van der Waals surface area (Å²) in [6, 6.07) is 6.18. The van der Waals surface area contributed by atoms with Crippen LogP contribution in [0.4, 0.5) is 26.2 Å². The smallest absolute Gasteiger partial charge is 0.243 e. The fourth-order valence-corrected chi connectivity index (χ4v) is 5.58. The Labute approximate surface area is 227 Å². The molecule has 1 aliphatic carbocycles. The molecule has 1 aliphatic heterocycles. The van der Waals surface area contributed by atoms with Gasteiger partial charge in [0.2, 0.25) is 12.4 Å². The highest BCUT2D eigenvalue weighted by atomic mass is 19.3. The van der Waals surface area contributed by atoms with Gasteiger partial charge in [0.05, 0.1) is 36.4 Å². The average molecular weight is 542 g/mol. The van der Waals surface area contributed by atoms with E-state index in [4.69, 9.17) is 24.5 Å². The lowest BCUT2D eigenvalue weighted by Crippen LogP contribution is -2.31. The molecule has 1 unspecified atom stereocenters. The van der Waals surface area contributed by atoms with Crippen molar-refractivity contribution < 1.29 is 18.3 Å². The van der Waals surface area contributed by atoms with Crippen LogP contribution in [-0.2, 0) is 9.47 Å². The van der Waals surface area contributed by atoms with Crippen LogP contribution in [-0.4, -0.2) is 71.2 Å². The first-order valence-corrected chi connectivity index (χ1v) is 13.8. The Kier molecular flexibility index (Phi) is 8.66. The maximum absolute atomic E-state index is 12.7. The van der Waals surface area contributed by atoms with Crippen molar-refractivity contribution in [3.05, 3.63) is 30.1 Å². The van der Waals surface area contributed by atoms with E-state index in [-0.39, 0.29) is 24.5 Å². The number of pyridine rings is 1. The first-order valence-electron chi connectivity index (χ1n) is 13.8. The molecule has 210 valence electrons. The number of alkyl halides is 2. The Balaban J connectivity index is 1.32. The molecule has 2 aliphatic rings. The SMILES string of the molecule is CNc1nc(NC2CCC(OCCOC)CC2)nn2ccc(-c3ccc4c(n3)C(CCCC(F)F)C(C)=N4)c12. The minimum absolute atomic E-state index is 0.0381. The van der Waals surface area contributed by atoms with E-state index in [9.17, 15) is 8.78 Å². The van der Waals surface area contributed by atoms with Gasteiger partial charge in [-0.3, -0.25) is 4.99 Å². The van der Waals surface area contributed by atoms with Gasteiger partial charge in [-0.15, -0.1) is 5.10 Å². The number of nitrogens with zero attached hydrogens (tertiary/aromatic N) is 5. The fraction of sp³-hybridized carbons (Fsp3) is 0.571. The van der Waals surface area contributed by atoms with E-state index < -0.39 is 6.43 Å². The second kappa shape index (κ2) is 12.3. The summed E-state index contributed by atoms with van der Waals surface area (Å²) in [5.74, 6) is 1.24. The minimum atomic E-state index is -2.29. The molecule has 4 heterocycles. The Morgan fingerprint density at radius 3 is 2.67 bits per heavy atom. The molecular formula is C28H37F2N7O2. The molecule has 1 atom stereocenters. The molecule has 9 nitrogen and oxygen atoms in total. The van der Waals surface area contributed by atoms with E-state index in [1.165, 1.54) is 0 Å². The van der Waals surface area contributed by atoms with Gasteiger partial charge in [0, 0.05) is 50.0 Å². The summed E-state index contributed by atoms with van der Waals surface area (Å²) in [6.07, 6.45) is 4.81. The number of anilines is 2. The molecule has 3 aromatic heterocycles. The first kappa shape index (κ1) is 27.4. The van der Waals surface area contributed by atoms with E-state index in [0.717, 1.165) is 59.6 Å². The highest BCUT2D eigenvalue weighted by Gasteiger charge is 2.28. The summed E-state index contributed by atoms with van der Waals surface area (Å²) in [4.78, 5) is 14.4. The second-order valence-corrected chi connectivity index (χ2v) is 10.3. The van der Waals surface area contributed by atoms with Crippen molar-refractivity contribution in [2.45, 2.75) is 76.4 Å². The Hall–Kier alpha value is -3.18. The van der Waals surface area contributed by atoms with Crippen LogP contribution in [0.5, 0.6) is 0 Å². The number of hydrogen-bond acceptors (Lipinski definition) is 8. The van der Waals surface area contributed by atoms with Crippen LogP contribution in [0.2, 0.25) is 0 Å². The van der Waals surface area contributed by atoms with Gasteiger partial charge in [0.1, 0.15) is 5.52 Å². The predicted molar refractivity (Wildman–Crippen MR) is 149 cm³/mol. The number of aromatic nitrogens is 4. The highest BCUT2D eigenvalue weighted by molar-refractivity contribution is 5.96. The number of halogens is 2. The van der Waals surface area contributed by atoms with E-state index in [0.29, 0.717) is 37.8 Å². The van der Waals surface area contributed by atoms with E-state index in [2.05, 4.69) is 15.6 Å². The van der Waals surface area contributed by atoms with Crippen LogP contribution < -0.4 is 10.6 Å². The van der Waals surface area contributed by atoms with E-state index in [1.807, 2.05) is 42.9 Å². The van der Waals surface area contributed by atoms with Crippen LogP contribution in [0.3, 0.4) is 0 Å². The van der Waals surface area contributed by atoms with E-state index >= 15 is 0 Å². The van der Waals surface area contributed by atoms with Crippen molar-refractivity contribution in [3.63, 3.8) is 0 Å². The van der Waals surface area contributed by atoms with Gasteiger partial charge in [-0.1, -0.05) is 0 Å². The third kappa shape index (κ3) is 6.19. The van der Waals surface area contributed by atoms with Crippen LogP contribution in [0, 0.1) is 0 Å². The Morgan fingerprint density at radius 1 is 1.10 bits per heavy atom. The molecule has 0 bridgehead atoms. The molecular weight excluding hydrogens is 504 g/mol. The van der Waals surface area contributed by atoms with Crippen molar-refractivity contribution in [2.24, 2.45) is 4.99 Å². The number of methoxy groups -OCH3 is 1. The van der Waals surface area contributed by atoms with Gasteiger partial charge >= 0.3 is 0 Å². The van der Waals surface area contributed by atoms with Crippen LogP contribution in [0.15, 0.2) is 29.4 Å². The molecule has 1 fully saturated rings. The third-order valence-electron chi connectivity index (χ3n) is 7.62. The van der Waals surface area contributed by atoms with Gasteiger partial charge in [-0.05, 0) is 63.6 Å². The van der Waals surface area contributed by atoms with Crippen molar-refractivity contribution in [1.29, 1.82) is 0 Å². The summed E-state index contributed by atoms with van der Waals surface area (Å²) in [6.45, 7) is 3.20. The molecule has 11 heteroatoms. The number of fused-ring (bicyclic) bond motifs is 2. The summed E-state index contributed by atoms with van der Waals surface area (Å²) >= 11 is 0. The summed E-state index contributed by atoms with van der Waals surface area (Å²) in [5.41, 5.74) is 5.11. The minimum Gasteiger partial charge on any atom is -0.382 e. The monoisotopic (exact) mass is 541 g/mol. The molecule has 0 aromatic carbocycles. The number of ether oxygens (including phenoxy) is 2. The Bertz CT molecular complexity index is 1300. The van der Waals surface area contributed by atoms with Crippen LogP contribution >= 0.6 is 0 Å². The van der Waals surface area contributed by atoms with Crippen molar-refractivity contribution in [2.75, 3.05) is 38.0 Å². The van der Waals surface area contributed by atoms with Gasteiger partial charge in [-0.25, -0.2) is 18.3 Å². The topological polar surface area (TPSA) is 98.0 Å². The molecule has 5 rings (SSSR count). The lowest BCUT2D eigenvalue weighted by atomic mass is 9.93. The fourth-order valence-electron chi connectivity index (χ4n) is 5.58. The zero-order chi connectivity index (χ0) is 27.4. The maximum atomic E-state index is 12.7. The molecule has 0 amide bonds. The zero-order valence-corrected chi connectivity index (χ0v) is 22.8. The summed E-state index contributed by atoms with van der Waals surface area (Å²) < 4.78 is 38.2. The largest absolute Gasteiger partial charge is 0.382 e. The standard InChI is InChI=1S/C28H37F2N7O2/c1-17-20(5-4-6-24(29)30)25-23(32-17)12-11-22(34-25)21-13-14-37-26(21)27(31-2)35-28(36-37)33-18-7-9-19(10-8-18)39-16-15-38-3/h11-14,18-20,24H,4-10,15-16H2,1-3H3,(H2,31,33,35,36). The summed E-state index contributed by atoms with van der Waals surface area (Å²) in [7, 11) is 3.53. The number of hydrogen-bond donors (Lipinski definition) is 2. The van der Waals surface area contributed by atoms with Crippen LogP contribution in [0.1, 0.15) is 63.5 Å². The zero-order valence-electron chi connectivity index (χ0n) is 22.8. The number of nitrogens with one attached hydrogen (secondary N) is 2. The molecule has 1 saturated carbocycles. The molecule has 0 spiro atoms.